The lowest BCUT2D eigenvalue weighted by Gasteiger charge is -2.14. The second-order valence-electron chi connectivity index (χ2n) is 4.81. The van der Waals surface area contributed by atoms with Crippen molar-refractivity contribution in [3.8, 4) is 0 Å². The molecule has 3 N–H and O–H groups in total. The minimum atomic E-state index is 0.378. The summed E-state index contributed by atoms with van der Waals surface area (Å²) in [6.45, 7) is 0. The third-order valence-electron chi connectivity index (χ3n) is 3.49. The largest absolute Gasteiger partial charge is 0.271 e. The molecule has 3 heteroatoms. The van der Waals surface area contributed by atoms with E-state index in [1.165, 1.54) is 18.2 Å². The third kappa shape index (κ3) is 2.30. The highest BCUT2D eigenvalue weighted by atomic mass is 15.2. The van der Waals surface area contributed by atoms with E-state index in [0.717, 1.165) is 23.5 Å². The molecule has 1 aliphatic carbocycles. The molecule has 1 atom stereocenters. The Labute approximate surface area is 101 Å². The highest BCUT2D eigenvalue weighted by Gasteiger charge is 2.30. The van der Waals surface area contributed by atoms with Crippen molar-refractivity contribution in [2.75, 3.05) is 0 Å². The molecule has 1 aromatic carbocycles. The van der Waals surface area contributed by atoms with Crippen molar-refractivity contribution in [1.29, 1.82) is 0 Å². The zero-order valence-electron chi connectivity index (χ0n) is 9.76. The van der Waals surface area contributed by atoms with Gasteiger partial charge in [0.2, 0.25) is 0 Å². The van der Waals surface area contributed by atoms with Crippen LogP contribution < -0.4 is 11.3 Å². The number of nitrogens with one attached hydrogen (secondary N) is 1. The minimum absolute atomic E-state index is 0.378. The number of nitrogens with two attached hydrogens (primary N) is 1. The van der Waals surface area contributed by atoms with Crippen LogP contribution in [0.4, 0.5) is 0 Å². The van der Waals surface area contributed by atoms with Crippen LogP contribution >= 0.6 is 0 Å². The lowest BCUT2D eigenvalue weighted by atomic mass is 10.1. The van der Waals surface area contributed by atoms with Gasteiger partial charge in [-0.1, -0.05) is 24.3 Å². The van der Waals surface area contributed by atoms with Gasteiger partial charge in [0.05, 0.1) is 5.52 Å². The Morgan fingerprint density at radius 2 is 2.06 bits per heavy atom. The van der Waals surface area contributed by atoms with E-state index in [9.17, 15) is 0 Å². The van der Waals surface area contributed by atoms with Crippen molar-refractivity contribution >= 4 is 10.9 Å². The van der Waals surface area contributed by atoms with Gasteiger partial charge in [-0.3, -0.25) is 16.3 Å². The van der Waals surface area contributed by atoms with Gasteiger partial charge in [0.1, 0.15) is 0 Å². The van der Waals surface area contributed by atoms with Crippen molar-refractivity contribution in [2.45, 2.75) is 25.3 Å². The maximum Gasteiger partial charge on any atom is 0.0705 e. The van der Waals surface area contributed by atoms with E-state index in [2.05, 4.69) is 34.7 Å². The van der Waals surface area contributed by atoms with E-state index in [1.807, 2.05) is 12.1 Å². The quantitative estimate of drug-likeness (QED) is 0.620. The first-order valence-electron chi connectivity index (χ1n) is 6.17. The number of aromatic nitrogens is 1. The van der Waals surface area contributed by atoms with Crippen molar-refractivity contribution in [2.24, 2.45) is 11.8 Å². The van der Waals surface area contributed by atoms with Crippen LogP contribution in [0.3, 0.4) is 0 Å². The SMILES string of the molecule is NNC(Cc1ccc2ccccc2n1)C1CC1. The maximum absolute atomic E-state index is 5.60. The Morgan fingerprint density at radius 1 is 1.24 bits per heavy atom. The standard InChI is InChI=1S/C14H17N3/c15-17-14(11-5-6-11)9-12-8-7-10-3-1-2-4-13(10)16-12/h1-4,7-8,11,14,17H,5-6,9,15H2. The predicted molar refractivity (Wildman–Crippen MR) is 69.3 cm³/mol. The highest BCUT2D eigenvalue weighted by molar-refractivity contribution is 5.78. The first-order chi connectivity index (χ1) is 8.36. The van der Waals surface area contributed by atoms with Gasteiger partial charge in [0.15, 0.2) is 0 Å². The fourth-order valence-electron chi connectivity index (χ4n) is 2.31. The molecule has 1 aromatic heterocycles. The van der Waals surface area contributed by atoms with Crippen LogP contribution in [0.25, 0.3) is 10.9 Å². The molecule has 0 saturated heterocycles. The molecule has 0 aliphatic heterocycles. The summed E-state index contributed by atoms with van der Waals surface area (Å²) in [5.41, 5.74) is 5.11. The molecule has 88 valence electrons. The van der Waals surface area contributed by atoms with Gasteiger partial charge in [0.25, 0.3) is 0 Å². The van der Waals surface area contributed by atoms with Crippen molar-refractivity contribution in [3.05, 3.63) is 42.1 Å². The van der Waals surface area contributed by atoms with Gasteiger partial charge in [0, 0.05) is 23.5 Å². The van der Waals surface area contributed by atoms with Crippen LogP contribution in [0, 0.1) is 5.92 Å². The van der Waals surface area contributed by atoms with E-state index in [1.54, 1.807) is 0 Å². The van der Waals surface area contributed by atoms with E-state index in [0.29, 0.717) is 6.04 Å². The normalized spacial score (nSPS) is 17.2. The summed E-state index contributed by atoms with van der Waals surface area (Å²) in [6, 6.07) is 12.8. The molecule has 1 unspecified atom stereocenters. The molecule has 3 rings (SSSR count). The molecule has 17 heavy (non-hydrogen) atoms. The second-order valence-corrected chi connectivity index (χ2v) is 4.81. The third-order valence-corrected chi connectivity index (χ3v) is 3.49. The minimum Gasteiger partial charge on any atom is -0.271 e. The highest BCUT2D eigenvalue weighted by Crippen LogP contribution is 2.33. The molecule has 1 aliphatic rings. The Hall–Kier alpha value is -1.45. The Kier molecular flexibility index (Phi) is 2.79. The summed E-state index contributed by atoms with van der Waals surface area (Å²) in [4.78, 5) is 4.68. The Balaban J connectivity index is 1.84. The zero-order valence-corrected chi connectivity index (χ0v) is 9.76. The topological polar surface area (TPSA) is 50.9 Å². The first kappa shape index (κ1) is 10.7. The summed E-state index contributed by atoms with van der Waals surface area (Å²) in [5.74, 6) is 6.34. The smallest absolute Gasteiger partial charge is 0.0705 e. The fourth-order valence-corrected chi connectivity index (χ4v) is 2.31. The number of nitrogens with zero attached hydrogens (tertiary/aromatic N) is 1. The van der Waals surface area contributed by atoms with Crippen molar-refractivity contribution < 1.29 is 0 Å². The monoisotopic (exact) mass is 227 g/mol. The Morgan fingerprint density at radius 3 is 2.82 bits per heavy atom. The van der Waals surface area contributed by atoms with Crippen LogP contribution in [0.5, 0.6) is 0 Å². The van der Waals surface area contributed by atoms with E-state index >= 15 is 0 Å². The molecular weight excluding hydrogens is 210 g/mol. The molecule has 1 heterocycles. The molecule has 3 nitrogen and oxygen atoms in total. The molecule has 0 bridgehead atoms. The van der Waals surface area contributed by atoms with E-state index in [4.69, 9.17) is 5.84 Å². The van der Waals surface area contributed by atoms with Gasteiger partial charge in [-0.05, 0) is 30.9 Å². The zero-order chi connectivity index (χ0) is 11.7. The van der Waals surface area contributed by atoms with Crippen molar-refractivity contribution in [1.82, 2.24) is 10.4 Å². The number of hydrazine groups is 1. The number of hydrogen-bond acceptors (Lipinski definition) is 3. The lowest BCUT2D eigenvalue weighted by Crippen LogP contribution is -2.38. The van der Waals surface area contributed by atoms with Crippen LogP contribution in [0.15, 0.2) is 36.4 Å². The average molecular weight is 227 g/mol. The first-order valence-corrected chi connectivity index (χ1v) is 6.17. The van der Waals surface area contributed by atoms with Crippen molar-refractivity contribution in [3.63, 3.8) is 0 Å². The van der Waals surface area contributed by atoms with Gasteiger partial charge in [-0.25, -0.2) is 0 Å². The molecule has 0 amide bonds. The molecular formula is C14H17N3. The summed E-state index contributed by atoms with van der Waals surface area (Å²) < 4.78 is 0. The number of pyridine rings is 1. The fraction of sp³-hybridized carbons (Fsp3) is 0.357. The summed E-state index contributed by atoms with van der Waals surface area (Å²) in [5, 5.41) is 1.19. The summed E-state index contributed by atoms with van der Waals surface area (Å²) in [6.07, 6.45) is 3.51. The number of benzene rings is 1. The Bertz CT molecular complexity index is 520. The van der Waals surface area contributed by atoms with Crippen LogP contribution in [0.2, 0.25) is 0 Å². The maximum atomic E-state index is 5.60. The summed E-state index contributed by atoms with van der Waals surface area (Å²) in [7, 11) is 0. The molecule has 0 radical (unpaired) electrons. The summed E-state index contributed by atoms with van der Waals surface area (Å²) >= 11 is 0. The molecule has 0 spiro atoms. The average Bonchev–Trinajstić information content (AvgIpc) is 3.20. The van der Waals surface area contributed by atoms with Crippen LogP contribution in [0.1, 0.15) is 18.5 Å². The predicted octanol–water partition coefficient (Wildman–Crippen LogP) is 2.02. The lowest BCUT2D eigenvalue weighted by molar-refractivity contribution is 0.469. The van der Waals surface area contributed by atoms with Crippen LogP contribution in [-0.4, -0.2) is 11.0 Å². The number of rotatable bonds is 4. The molecule has 1 fully saturated rings. The van der Waals surface area contributed by atoms with Crippen LogP contribution in [-0.2, 0) is 6.42 Å². The van der Waals surface area contributed by atoms with E-state index in [-0.39, 0.29) is 0 Å². The number of fused-ring (bicyclic) bond motifs is 1. The number of para-hydroxylation sites is 1. The molecule has 1 saturated carbocycles. The second kappa shape index (κ2) is 4.43. The van der Waals surface area contributed by atoms with Gasteiger partial charge in [-0.15, -0.1) is 0 Å². The van der Waals surface area contributed by atoms with E-state index < -0.39 is 0 Å². The van der Waals surface area contributed by atoms with Gasteiger partial charge >= 0.3 is 0 Å². The van der Waals surface area contributed by atoms with Gasteiger partial charge in [-0.2, -0.15) is 0 Å². The number of hydrogen-bond donors (Lipinski definition) is 2. The molecule has 2 aromatic rings. The van der Waals surface area contributed by atoms with Gasteiger partial charge < -0.3 is 0 Å².